The molecule has 0 N–H and O–H groups in total. The van der Waals surface area contributed by atoms with E-state index in [4.69, 9.17) is 33.2 Å². The summed E-state index contributed by atoms with van der Waals surface area (Å²) in [6.45, 7) is 8.34. The molecule has 59 heavy (non-hydrogen) atoms. The number of nitrogens with zero attached hydrogens (tertiary/aromatic N) is 5. The lowest BCUT2D eigenvalue weighted by molar-refractivity contribution is 0.0566. The number of unbranched alkanes of at least 4 members (excludes halogenated alkanes) is 2. The van der Waals surface area contributed by atoms with Crippen LogP contribution in [0.4, 0.5) is 15.4 Å². The maximum Gasteiger partial charge on any atom is 0.513 e. The van der Waals surface area contributed by atoms with E-state index in [1.54, 1.807) is 60.7 Å². The number of aromatic nitrogens is 4. The van der Waals surface area contributed by atoms with Crippen LogP contribution in [0.2, 0.25) is 0 Å². The Morgan fingerprint density at radius 2 is 1.47 bits per heavy atom. The zero-order valence-electron chi connectivity index (χ0n) is 33.7. The Morgan fingerprint density at radius 1 is 0.763 bits per heavy atom. The SMILES string of the molecule is CCCCCOC(=O)OCN(c1nc(-c2ncccn2)nc(OCCOC(=O)Oc2cccc(C)c2)c1Oc1ccccc1OC)S(=O)(=O)c1ccc(C(C)(C)C)cc1. The molecule has 0 saturated heterocycles. The average Bonchev–Trinajstić information content (AvgIpc) is 3.22. The van der Waals surface area contributed by atoms with Crippen LogP contribution in [0.3, 0.4) is 0 Å². The Labute approximate surface area is 343 Å². The van der Waals surface area contributed by atoms with Gasteiger partial charge in [0, 0.05) is 12.4 Å². The fraction of sp³-hybridized carbons (Fsp3) is 0.333. The Balaban J connectivity index is 1.61. The number of benzene rings is 3. The average molecular weight is 830 g/mol. The maximum absolute atomic E-state index is 14.8. The van der Waals surface area contributed by atoms with Crippen molar-refractivity contribution in [3.63, 3.8) is 0 Å². The van der Waals surface area contributed by atoms with Crippen LogP contribution in [0.15, 0.2) is 96.2 Å². The number of methoxy groups -OCH3 is 1. The highest BCUT2D eigenvalue weighted by Crippen LogP contribution is 2.43. The molecule has 312 valence electrons. The molecule has 5 aromatic rings. The molecule has 2 heterocycles. The van der Waals surface area contributed by atoms with Gasteiger partial charge < -0.3 is 33.2 Å². The zero-order chi connectivity index (χ0) is 42.4. The molecule has 0 aliphatic carbocycles. The number of anilines is 1. The lowest BCUT2D eigenvalue weighted by Crippen LogP contribution is -2.36. The van der Waals surface area contributed by atoms with Crippen molar-refractivity contribution in [2.24, 2.45) is 0 Å². The molecule has 0 spiro atoms. The maximum atomic E-state index is 14.8. The van der Waals surface area contributed by atoms with Crippen molar-refractivity contribution in [1.29, 1.82) is 0 Å². The van der Waals surface area contributed by atoms with Gasteiger partial charge in [0.1, 0.15) is 19.0 Å². The number of rotatable bonds is 18. The van der Waals surface area contributed by atoms with E-state index in [9.17, 15) is 18.0 Å². The van der Waals surface area contributed by atoms with Crippen molar-refractivity contribution < 1.29 is 51.2 Å². The summed E-state index contributed by atoms with van der Waals surface area (Å²) in [6.07, 6.45) is 3.09. The minimum atomic E-state index is -4.64. The topological polar surface area (TPSA) is 188 Å². The lowest BCUT2D eigenvalue weighted by Gasteiger charge is -2.26. The Kier molecular flexibility index (Phi) is 15.0. The second kappa shape index (κ2) is 20.3. The molecule has 5 rings (SSSR count). The summed E-state index contributed by atoms with van der Waals surface area (Å²) in [5.41, 5.74) is 1.47. The number of carbonyl (C=O) groups excluding carboxylic acids is 2. The number of para-hydroxylation sites is 2. The predicted molar refractivity (Wildman–Crippen MR) is 216 cm³/mol. The van der Waals surface area contributed by atoms with Crippen molar-refractivity contribution in [3.05, 3.63) is 102 Å². The quantitative estimate of drug-likeness (QED) is 0.0354. The molecule has 0 saturated carbocycles. The van der Waals surface area contributed by atoms with Crippen molar-refractivity contribution in [1.82, 2.24) is 19.9 Å². The van der Waals surface area contributed by atoms with Crippen LogP contribution in [0.25, 0.3) is 11.6 Å². The van der Waals surface area contributed by atoms with Crippen LogP contribution in [0.5, 0.6) is 28.9 Å². The lowest BCUT2D eigenvalue weighted by atomic mass is 9.87. The summed E-state index contributed by atoms with van der Waals surface area (Å²) >= 11 is 0. The van der Waals surface area contributed by atoms with Crippen molar-refractivity contribution in [3.8, 4) is 40.5 Å². The van der Waals surface area contributed by atoms with Crippen molar-refractivity contribution in [2.45, 2.75) is 64.2 Å². The summed E-state index contributed by atoms with van der Waals surface area (Å²) in [7, 11) is -3.21. The third-order valence-electron chi connectivity index (χ3n) is 8.41. The number of sulfonamides is 1. The fourth-order valence-corrected chi connectivity index (χ4v) is 6.61. The molecule has 3 aromatic carbocycles. The first kappa shape index (κ1) is 43.6. The molecule has 17 heteroatoms. The van der Waals surface area contributed by atoms with Gasteiger partial charge in [0.2, 0.25) is 11.6 Å². The van der Waals surface area contributed by atoms with E-state index in [1.165, 1.54) is 31.6 Å². The van der Waals surface area contributed by atoms with Gasteiger partial charge in [-0.25, -0.2) is 37.3 Å². The molecule has 0 aliphatic rings. The number of ether oxygens (including phenoxy) is 7. The van der Waals surface area contributed by atoms with Gasteiger partial charge in [-0.1, -0.05) is 76.9 Å². The van der Waals surface area contributed by atoms with Gasteiger partial charge in [-0.15, -0.1) is 0 Å². The van der Waals surface area contributed by atoms with Gasteiger partial charge >= 0.3 is 12.3 Å². The fourth-order valence-electron chi connectivity index (χ4n) is 5.33. The molecule has 0 aliphatic heterocycles. The summed E-state index contributed by atoms with van der Waals surface area (Å²) < 4.78 is 69.5. The summed E-state index contributed by atoms with van der Waals surface area (Å²) in [5.74, 6) is -0.609. The van der Waals surface area contributed by atoms with Gasteiger partial charge in [-0.3, -0.25) is 0 Å². The van der Waals surface area contributed by atoms with E-state index < -0.39 is 34.9 Å². The van der Waals surface area contributed by atoms with Gasteiger partial charge in [-0.2, -0.15) is 4.98 Å². The minimum absolute atomic E-state index is 0.0106. The molecule has 0 unspecified atom stereocenters. The molecule has 2 aromatic heterocycles. The molecule has 0 fully saturated rings. The van der Waals surface area contributed by atoms with E-state index in [1.807, 2.05) is 40.7 Å². The number of hydrogen-bond acceptors (Lipinski definition) is 15. The Morgan fingerprint density at radius 3 is 2.15 bits per heavy atom. The Hall–Kier alpha value is -6.49. The van der Waals surface area contributed by atoms with Gasteiger partial charge in [0.15, 0.2) is 29.9 Å². The van der Waals surface area contributed by atoms with Crippen molar-refractivity contribution >= 4 is 28.2 Å². The van der Waals surface area contributed by atoms with E-state index in [0.29, 0.717) is 6.42 Å². The highest BCUT2D eigenvalue weighted by Gasteiger charge is 2.35. The molecular weight excluding hydrogens is 783 g/mol. The molecule has 0 bridgehead atoms. The summed E-state index contributed by atoms with van der Waals surface area (Å²) in [4.78, 5) is 42.9. The van der Waals surface area contributed by atoms with Gasteiger partial charge in [0.25, 0.3) is 15.9 Å². The molecular formula is C42H47N5O11S. The van der Waals surface area contributed by atoms with E-state index in [2.05, 4.69) is 19.9 Å². The van der Waals surface area contributed by atoms with Crippen LogP contribution in [-0.2, 0) is 29.6 Å². The molecule has 0 atom stereocenters. The molecule has 0 amide bonds. The molecule has 0 radical (unpaired) electrons. The first-order valence-electron chi connectivity index (χ1n) is 18.8. The third-order valence-corrected chi connectivity index (χ3v) is 10.1. The highest BCUT2D eigenvalue weighted by molar-refractivity contribution is 7.92. The number of hydrogen-bond donors (Lipinski definition) is 0. The van der Waals surface area contributed by atoms with E-state index in [-0.39, 0.29) is 70.7 Å². The predicted octanol–water partition coefficient (Wildman–Crippen LogP) is 8.43. The zero-order valence-corrected chi connectivity index (χ0v) is 34.6. The summed E-state index contributed by atoms with van der Waals surface area (Å²) in [5, 5.41) is 0. The number of carbonyl (C=O) groups is 2. The smallest absolute Gasteiger partial charge is 0.493 e. The van der Waals surface area contributed by atoms with E-state index in [0.717, 1.165) is 28.3 Å². The van der Waals surface area contributed by atoms with Crippen LogP contribution in [0.1, 0.15) is 58.1 Å². The van der Waals surface area contributed by atoms with Gasteiger partial charge in [-0.05, 0) is 72.4 Å². The van der Waals surface area contributed by atoms with Gasteiger partial charge in [0.05, 0.1) is 18.6 Å². The second-order valence-electron chi connectivity index (χ2n) is 13.9. The van der Waals surface area contributed by atoms with Crippen LogP contribution in [-0.4, -0.2) is 74.3 Å². The van der Waals surface area contributed by atoms with Crippen LogP contribution < -0.4 is 23.3 Å². The van der Waals surface area contributed by atoms with Crippen molar-refractivity contribution in [2.75, 3.05) is 38.0 Å². The highest BCUT2D eigenvalue weighted by atomic mass is 32.2. The largest absolute Gasteiger partial charge is 0.513 e. The first-order valence-corrected chi connectivity index (χ1v) is 20.2. The monoisotopic (exact) mass is 829 g/mol. The normalized spacial score (nSPS) is 11.3. The van der Waals surface area contributed by atoms with Crippen LogP contribution >= 0.6 is 0 Å². The molecule has 16 nitrogen and oxygen atoms in total. The van der Waals surface area contributed by atoms with Crippen LogP contribution in [0, 0.1) is 6.92 Å². The minimum Gasteiger partial charge on any atom is -0.493 e. The van der Waals surface area contributed by atoms with E-state index >= 15 is 0 Å². The summed E-state index contributed by atoms with van der Waals surface area (Å²) in [6, 6.07) is 21.3. The third kappa shape index (κ3) is 12.0. The standard InChI is InChI=1S/C42H47N5O11S/c1-7-8-11-24-54-40(48)56-28-47(59(50,51)32-20-18-30(19-21-32)42(3,4)5)38-35(58-34-17-10-9-16-33(34)52-6)39(46-37(45-38)36-43-22-13-23-44-36)53-25-26-55-41(49)57-31-15-12-14-29(2)27-31/h9-10,12-23,27H,7-8,11,24-26,28H2,1-6H3. The second-order valence-corrected chi connectivity index (χ2v) is 15.8. The Bertz CT molecular complexity index is 2290. The first-order chi connectivity index (χ1) is 28.3. The number of aryl methyl sites for hydroxylation is 1.